The predicted octanol–water partition coefficient (Wildman–Crippen LogP) is 3.41. The molecule has 7 nitrogen and oxygen atoms in total. The smallest absolute Gasteiger partial charge is 0.406 e. The summed E-state index contributed by atoms with van der Waals surface area (Å²) in [6.07, 6.45) is -0.576. The van der Waals surface area contributed by atoms with E-state index in [1.54, 1.807) is 24.4 Å². The summed E-state index contributed by atoms with van der Waals surface area (Å²) in [6.45, 7) is 5.75. The van der Waals surface area contributed by atoms with Gasteiger partial charge < -0.3 is 9.64 Å². The van der Waals surface area contributed by atoms with Crippen molar-refractivity contribution in [3.63, 3.8) is 0 Å². The number of benzene rings is 1. The molecule has 1 aliphatic heterocycles. The Kier molecular flexibility index (Phi) is 5.87. The molecule has 1 aliphatic rings. The van der Waals surface area contributed by atoms with E-state index < -0.39 is 16.4 Å². The van der Waals surface area contributed by atoms with Crippen LogP contribution in [0.2, 0.25) is 0 Å². The van der Waals surface area contributed by atoms with Crippen molar-refractivity contribution in [1.82, 2.24) is 9.88 Å². The van der Waals surface area contributed by atoms with Crippen molar-refractivity contribution in [2.45, 2.75) is 32.3 Å². The van der Waals surface area contributed by atoms with Crippen molar-refractivity contribution < 1.29 is 26.3 Å². The second-order valence-electron chi connectivity index (χ2n) is 7.80. The Labute approximate surface area is 173 Å². The topological polar surface area (TPSA) is 74.8 Å². The van der Waals surface area contributed by atoms with Crippen molar-refractivity contribution >= 4 is 21.4 Å². The largest absolute Gasteiger partial charge is 0.573 e. The van der Waals surface area contributed by atoms with Gasteiger partial charge in [0.15, 0.2) is 0 Å². The van der Waals surface area contributed by atoms with Crippen LogP contribution in [0.4, 0.5) is 24.5 Å². The molecule has 0 atom stereocenters. The molecule has 30 heavy (non-hydrogen) atoms. The zero-order valence-corrected chi connectivity index (χ0v) is 17.6. The van der Waals surface area contributed by atoms with Crippen LogP contribution in [0.3, 0.4) is 0 Å². The van der Waals surface area contributed by atoms with Gasteiger partial charge in [-0.05, 0) is 49.7 Å². The molecule has 0 radical (unpaired) electrons. The zero-order chi connectivity index (χ0) is 22.2. The van der Waals surface area contributed by atoms with Gasteiger partial charge in [0.1, 0.15) is 5.75 Å². The number of rotatable bonds is 6. The predicted molar refractivity (Wildman–Crippen MR) is 108 cm³/mol. The molecule has 2 aromatic rings. The highest BCUT2D eigenvalue weighted by molar-refractivity contribution is 7.92. The quantitative estimate of drug-likeness (QED) is 0.736. The summed E-state index contributed by atoms with van der Waals surface area (Å²) in [5.74, 6) is -0.269. The number of nitrogens with zero attached hydrogens (tertiary/aromatic N) is 3. The molecule has 1 N–H and O–H groups in total. The second-order valence-corrected chi connectivity index (χ2v) is 9.55. The monoisotopic (exact) mass is 444 g/mol. The molecule has 1 saturated heterocycles. The molecular formula is C19H23F3N4O3S. The van der Waals surface area contributed by atoms with Crippen LogP contribution < -0.4 is 14.4 Å². The van der Waals surface area contributed by atoms with E-state index in [0.29, 0.717) is 25.4 Å². The molecule has 0 spiro atoms. The van der Waals surface area contributed by atoms with Crippen LogP contribution in [0.1, 0.15) is 19.4 Å². The molecule has 0 unspecified atom stereocenters. The minimum atomic E-state index is -4.73. The lowest BCUT2D eigenvalue weighted by Gasteiger charge is -2.30. The third-order valence-corrected chi connectivity index (χ3v) is 5.37. The van der Waals surface area contributed by atoms with Crippen molar-refractivity contribution in [3.05, 3.63) is 48.3 Å². The van der Waals surface area contributed by atoms with Crippen molar-refractivity contribution in [1.29, 1.82) is 0 Å². The van der Waals surface area contributed by atoms with Crippen LogP contribution in [-0.4, -0.2) is 49.7 Å². The first-order valence-electron chi connectivity index (χ1n) is 9.09. The number of hydrogen-bond acceptors (Lipinski definition) is 6. The highest BCUT2D eigenvalue weighted by Gasteiger charge is 2.37. The first-order valence-corrected chi connectivity index (χ1v) is 11.0. The highest BCUT2D eigenvalue weighted by atomic mass is 32.2. The van der Waals surface area contributed by atoms with Crippen LogP contribution >= 0.6 is 0 Å². The van der Waals surface area contributed by atoms with E-state index in [9.17, 15) is 21.6 Å². The number of aromatic nitrogens is 1. The van der Waals surface area contributed by atoms with E-state index in [2.05, 4.69) is 33.2 Å². The van der Waals surface area contributed by atoms with Crippen molar-refractivity contribution in [3.8, 4) is 5.75 Å². The van der Waals surface area contributed by atoms with Crippen LogP contribution in [0, 0.1) is 0 Å². The Balaban J connectivity index is 1.75. The molecule has 1 fully saturated rings. The minimum absolute atomic E-state index is 0.257. The fraction of sp³-hybridized carbons (Fsp3) is 0.421. The van der Waals surface area contributed by atoms with Crippen LogP contribution in [-0.2, 0) is 16.6 Å². The molecule has 11 heteroatoms. The zero-order valence-electron chi connectivity index (χ0n) is 16.8. The van der Waals surface area contributed by atoms with Crippen LogP contribution in [0.25, 0.3) is 0 Å². The van der Waals surface area contributed by atoms with Gasteiger partial charge in [-0.2, -0.15) is 0 Å². The van der Waals surface area contributed by atoms with Gasteiger partial charge in [0.2, 0.25) is 10.0 Å². The molecule has 1 aromatic carbocycles. The molecule has 0 aliphatic carbocycles. The number of nitrogens with one attached hydrogen (secondary N) is 1. The van der Waals surface area contributed by atoms with E-state index in [-0.39, 0.29) is 11.3 Å². The Morgan fingerprint density at radius 1 is 1.20 bits per heavy atom. The van der Waals surface area contributed by atoms with E-state index >= 15 is 0 Å². The van der Waals surface area contributed by atoms with Gasteiger partial charge in [-0.1, -0.05) is 0 Å². The van der Waals surface area contributed by atoms with Gasteiger partial charge in [0.25, 0.3) is 0 Å². The Hall–Kier alpha value is -2.53. The van der Waals surface area contributed by atoms with Gasteiger partial charge in [0.05, 0.1) is 24.8 Å². The normalized spacial score (nSPS) is 17.2. The van der Waals surface area contributed by atoms with E-state index in [1.165, 1.54) is 18.3 Å². The number of alkyl halides is 3. The Morgan fingerprint density at radius 2 is 1.87 bits per heavy atom. The molecule has 2 heterocycles. The number of halogens is 3. The molecule has 0 saturated carbocycles. The summed E-state index contributed by atoms with van der Waals surface area (Å²) in [5, 5.41) is 0. The van der Waals surface area contributed by atoms with Crippen LogP contribution in [0.15, 0.2) is 42.7 Å². The van der Waals surface area contributed by atoms with Gasteiger partial charge in [-0.15, -0.1) is 13.2 Å². The van der Waals surface area contributed by atoms with Gasteiger partial charge in [-0.3, -0.25) is 14.6 Å². The lowest BCUT2D eigenvalue weighted by atomic mass is 10.0. The lowest BCUT2D eigenvalue weighted by molar-refractivity contribution is -0.274. The summed E-state index contributed by atoms with van der Waals surface area (Å²) < 4.78 is 66.7. The highest BCUT2D eigenvalue weighted by Crippen LogP contribution is 2.33. The number of pyridine rings is 1. The maximum absolute atomic E-state index is 12.4. The SMILES string of the molecule is CC1(C)CN(c2ccc(OC(F)(F)F)cc2)CN1Cc1ccncc1NS(C)(=O)=O. The van der Waals surface area contributed by atoms with Gasteiger partial charge in [-0.25, -0.2) is 8.42 Å². The Morgan fingerprint density at radius 3 is 2.47 bits per heavy atom. The molecule has 0 amide bonds. The summed E-state index contributed by atoms with van der Waals surface area (Å²) >= 11 is 0. The second kappa shape index (κ2) is 7.95. The molecule has 0 bridgehead atoms. The summed E-state index contributed by atoms with van der Waals surface area (Å²) in [6, 6.07) is 7.51. The lowest BCUT2D eigenvalue weighted by Crippen LogP contribution is -2.39. The number of sulfonamides is 1. The number of hydrogen-bond donors (Lipinski definition) is 1. The first kappa shape index (κ1) is 22.2. The first-order chi connectivity index (χ1) is 13.8. The van der Waals surface area contributed by atoms with E-state index in [4.69, 9.17) is 0 Å². The van der Waals surface area contributed by atoms with Crippen molar-refractivity contribution in [2.75, 3.05) is 29.1 Å². The maximum atomic E-state index is 12.4. The molecular weight excluding hydrogens is 421 g/mol. The fourth-order valence-corrected chi connectivity index (χ4v) is 3.95. The third-order valence-electron chi connectivity index (χ3n) is 4.78. The minimum Gasteiger partial charge on any atom is -0.406 e. The average Bonchev–Trinajstić information content (AvgIpc) is 2.89. The summed E-state index contributed by atoms with van der Waals surface area (Å²) in [7, 11) is -3.44. The summed E-state index contributed by atoms with van der Waals surface area (Å²) in [4.78, 5) is 8.20. The van der Waals surface area contributed by atoms with Crippen molar-refractivity contribution in [2.24, 2.45) is 0 Å². The summed E-state index contributed by atoms with van der Waals surface area (Å²) in [5.41, 5.74) is 1.71. The molecule has 1 aromatic heterocycles. The number of ether oxygens (including phenoxy) is 1. The Bertz CT molecular complexity index is 995. The van der Waals surface area contributed by atoms with E-state index in [1.807, 2.05) is 4.90 Å². The van der Waals surface area contributed by atoms with E-state index in [0.717, 1.165) is 17.5 Å². The standard InChI is InChI=1S/C19H23F3N4O3S/c1-18(2)12-25(15-4-6-16(7-5-15)29-19(20,21)22)13-26(18)11-14-8-9-23-10-17(14)24-30(3,27)28/h4-10,24H,11-13H2,1-3H3. The van der Waals surface area contributed by atoms with Crippen LogP contribution in [0.5, 0.6) is 5.75 Å². The van der Waals surface area contributed by atoms with Gasteiger partial charge in [0, 0.05) is 30.5 Å². The van der Waals surface area contributed by atoms with Gasteiger partial charge >= 0.3 is 6.36 Å². The fourth-order valence-electron chi connectivity index (χ4n) is 3.37. The average molecular weight is 444 g/mol. The number of anilines is 2. The molecule has 164 valence electrons. The third kappa shape index (κ3) is 5.76. The maximum Gasteiger partial charge on any atom is 0.573 e. The molecule has 3 rings (SSSR count).